The lowest BCUT2D eigenvalue weighted by atomic mass is 9.94. The molecule has 140 valence electrons. The van der Waals surface area contributed by atoms with Crippen molar-refractivity contribution in [3.63, 3.8) is 0 Å². The average molecular weight is 361 g/mol. The minimum Gasteiger partial charge on any atom is -0.497 e. The quantitative estimate of drug-likeness (QED) is 0.832. The first-order valence-electron chi connectivity index (χ1n) is 8.46. The lowest BCUT2D eigenvalue weighted by molar-refractivity contribution is 0.120. The standard InChI is InChI=1S/C18H23N3O5/c1-25-13-8-9-14(16(10-13)26-2)15(11-19)20-17(22)21(18(23)24)12-6-4-3-5-7-12/h8-10,12,15H,3-7H2,1-2H3,(H,20,22)(H,23,24)/t15-/m1/s1. The predicted octanol–water partition coefficient (Wildman–Crippen LogP) is 3.29. The number of carbonyl (C=O) groups is 2. The van der Waals surface area contributed by atoms with Gasteiger partial charge in [0.25, 0.3) is 0 Å². The second-order valence-electron chi connectivity index (χ2n) is 6.06. The lowest BCUT2D eigenvalue weighted by Gasteiger charge is -2.31. The molecule has 2 N–H and O–H groups in total. The van der Waals surface area contributed by atoms with E-state index in [0.29, 0.717) is 29.9 Å². The predicted molar refractivity (Wildman–Crippen MR) is 93.2 cm³/mol. The summed E-state index contributed by atoms with van der Waals surface area (Å²) in [7, 11) is 2.95. The first-order chi connectivity index (χ1) is 12.5. The number of hydrogen-bond donors (Lipinski definition) is 2. The maximum atomic E-state index is 12.6. The van der Waals surface area contributed by atoms with Crippen molar-refractivity contribution in [3.05, 3.63) is 23.8 Å². The molecule has 26 heavy (non-hydrogen) atoms. The molecule has 1 aliphatic carbocycles. The van der Waals surface area contributed by atoms with Gasteiger partial charge in [0.1, 0.15) is 17.5 Å². The highest BCUT2D eigenvalue weighted by atomic mass is 16.5. The zero-order valence-electron chi connectivity index (χ0n) is 14.9. The first kappa shape index (κ1) is 19.4. The summed E-state index contributed by atoms with van der Waals surface area (Å²) in [6.07, 6.45) is 2.78. The minimum absolute atomic E-state index is 0.363. The van der Waals surface area contributed by atoms with Gasteiger partial charge in [-0.15, -0.1) is 0 Å². The summed E-state index contributed by atoms with van der Waals surface area (Å²) in [5, 5.41) is 21.4. The third kappa shape index (κ3) is 4.36. The maximum absolute atomic E-state index is 12.6. The van der Waals surface area contributed by atoms with Crippen LogP contribution in [0, 0.1) is 11.3 Å². The Morgan fingerprint density at radius 3 is 2.50 bits per heavy atom. The van der Waals surface area contributed by atoms with Crippen molar-refractivity contribution in [3.8, 4) is 17.6 Å². The molecule has 1 saturated carbocycles. The van der Waals surface area contributed by atoms with Crippen LogP contribution >= 0.6 is 0 Å². The molecule has 2 rings (SSSR count). The van der Waals surface area contributed by atoms with Gasteiger partial charge in [-0.25, -0.2) is 14.5 Å². The summed E-state index contributed by atoms with van der Waals surface area (Å²) in [6, 6.07) is 4.63. The van der Waals surface area contributed by atoms with Crippen LogP contribution < -0.4 is 14.8 Å². The van der Waals surface area contributed by atoms with Gasteiger partial charge in [-0.05, 0) is 25.0 Å². The van der Waals surface area contributed by atoms with Gasteiger partial charge in [-0.3, -0.25) is 0 Å². The molecule has 1 fully saturated rings. The van der Waals surface area contributed by atoms with E-state index >= 15 is 0 Å². The largest absolute Gasteiger partial charge is 0.497 e. The number of methoxy groups -OCH3 is 2. The molecule has 8 nitrogen and oxygen atoms in total. The van der Waals surface area contributed by atoms with Crippen LogP contribution in [0.2, 0.25) is 0 Å². The molecule has 0 aromatic heterocycles. The van der Waals surface area contributed by atoms with Gasteiger partial charge in [0, 0.05) is 17.7 Å². The minimum atomic E-state index is -1.31. The number of nitrogens with one attached hydrogen (secondary N) is 1. The number of carboxylic acid groups (broad SMARTS) is 1. The molecule has 0 unspecified atom stereocenters. The fourth-order valence-electron chi connectivity index (χ4n) is 3.18. The molecular formula is C18H23N3O5. The topological polar surface area (TPSA) is 112 Å². The van der Waals surface area contributed by atoms with E-state index in [1.54, 1.807) is 18.2 Å². The number of nitriles is 1. The summed E-state index contributed by atoms with van der Waals surface area (Å²) in [4.78, 5) is 25.0. The molecular weight excluding hydrogens is 338 g/mol. The Bertz CT molecular complexity index is 695. The van der Waals surface area contributed by atoms with Crippen LogP contribution in [0.4, 0.5) is 9.59 Å². The summed E-state index contributed by atoms with van der Waals surface area (Å²) in [5.41, 5.74) is 0.429. The molecule has 8 heteroatoms. The van der Waals surface area contributed by atoms with Crippen molar-refractivity contribution in [2.45, 2.75) is 44.2 Å². The van der Waals surface area contributed by atoms with Gasteiger partial charge < -0.3 is 19.9 Å². The average Bonchev–Trinajstić information content (AvgIpc) is 2.66. The van der Waals surface area contributed by atoms with Crippen LogP contribution in [-0.4, -0.2) is 42.4 Å². The van der Waals surface area contributed by atoms with E-state index in [9.17, 15) is 20.0 Å². The number of ether oxygens (including phenoxy) is 2. The number of urea groups is 1. The zero-order valence-corrected chi connectivity index (χ0v) is 14.9. The fourth-order valence-corrected chi connectivity index (χ4v) is 3.18. The summed E-state index contributed by atoms with van der Waals surface area (Å²) < 4.78 is 10.4. The van der Waals surface area contributed by atoms with Crippen LogP contribution in [0.1, 0.15) is 43.7 Å². The molecule has 1 aromatic carbocycles. The van der Waals surface area contributed by atoms with E-state index in [-0.39, 0.29) is 6.04 Å². The molecule has 0 spiro atoms. The Kier molecular flexibility index (Phi) is 6.67. The van der Waals surface area contributed by atoms with Crippen molar-refractivity contribution in [1.82, 2.24) is 10.2 Å². The Labute approximate surface area is 152 Å². The third-order valence-electron chi connectivity index (χ3n) is 4.51. The van der Waals surface area contributed by atoms with Gasteiger partial charge in [0.05, 0.1) is 20.3 Å². The summed E-state index contributed by atoms with van der Waals surface area (Å²) in [5.74, 6) is 0.915. The van der Waals surface area contributed by atoms with Crippen molar-refractivity contribution in [1.29, 1.82) is 5.26 Å². The maximum Gasteiger partial charge on any atom is 0.415 e. The Hall–Kier alpha value is -2.95. The second-order valence-corrected chi connectivity index (χ2v) is 6.06. The highest BCUT2D eigenvalue weighted by Gasteiger charge is 2.32. The summed E-state index contributed by atoms with van der Waals surface area (Å²) in [6.45, 7) is 0. The van der Waals surface area contributed by atoms with Crippen LogP contribution in [0.15, 0.2) is 18.2 Å². The number of hydrogen-bond acceptors (Lipinski definition) is 5. The van der Waals surface area contributed by atoms with Crippen LogP contribution in [0.3, 0.4) is 0 Å². The Morgan fingerprint density at radius 1 is 1.27 bits per heavy atom. The van der Waals surface area contributed by atoms with E-state index in [2.05, 4.69) is 5.32 Å². The van der Waals surface area contributed by atoms with Gasteiger partial charge in [0.2, 0.25) is 0 Å². The molecule has 1 aliphatic rings. The molecule has 0 heterocycles. The number of amides is 3. The van der Waals surface area contributed by atoms with Gasteiger partial charge >= 0.3 is 12.1 Å². The van der Waals surface area contributed by atoms with Gasteiger partial charge in [0.15, 0.2) is 0 Å². The van der Waals surface area contributed by atoms with E-state index in [1.807, 2.05) is 6.07 Å². The van der Waals surface area contributed by atoms with Gasteiger partial charge in [-0.2, -0.15) is 5.26 Å². The number of imide groups is 1. The summed E-state index contributed by atoms with van der Waals surface area (Å²) >= 11 is 0. The highest BCUT2D eigenvalue weighted by Crippen LogP contribution is 2.30. The molecule has 0 bridgehead atoms. The number of rotatable bonds is 5. The lowest BCUT2D eigenvalue weighted by Crippen LogP contribution is -2.50. The van der Waals surface area contributed by atoms with E-state index < -0.39 is 18.2 Å². The Balaban J connectivity index is 2.21. The van der Waals surface area contributed by atoms with Crippen LogP contribution in [0.25, 0.3) is 0 Å². The SMILES string of the molecule is COc1ccc([C@@H](C#N)NC(=O)N(C(=O)O)C2CCCCC2)c(OC)c1. The van der Waals surface area contributed by atoms with Crippen LogP contribution in [-0.2, 0) is 0 Å². The van der Waals surface area contributed by atoms with Crippen LogP contribution in [0.5, 0.6) is 11.5 Å². The fraction of sp³-hybridized carbons (Fsp3) is 0.500. The van der Waals surface area contributed by atoms with E-state index in [4.69, 9.17) is 9.47 Å². The van der Waals surface area contributed by atoms with E-state index in [1.165, 1.54) is 14.2 Å². The second kappa shape index (κ2) is 8.94. The Morgan fingerprint density at radius 2 is 1.96 bits per heavy atom. The monoisotopic (exact) mass is 361 g/mol. The molecule has 0 saturated heterocycles. The number of carbonyl (C=O) groups excluding carboxylic acids is 1. The molecule has 3 amide bonds. The van der Waals surface area contributed by atoms with E-state index in [0.717, 1.165) is 24.2 Å². The normalized spacial score (nSPS) is 15.4. The third-order valence-corrected chi connectivity index (χ3v) is 4.51. The molecule has 0 aliphatic heterocycles. The van der Waals surface area contributed by atoms with Crippen molar-refractivity contribution in [2.24, 2.45) is 0 Å². The van der Waals surface area contributed by atoms with Crippen molar-refractivity contribution in [2.75, 3.05) is 14.2 Å². The molecule has 0 radical (unpaired) electrons. The smallest absolute Gasteiger partial charge is 0.415 e. The number of benzene rings is 1. The first-order valence-corrected chi connectivity index (χ1v) is 8.46. The van der Waals surface area contributed by atoms with Crippen molar-refractivity contribution < 1.29 is 24.2 Å². The zero-order chi connectivity index (χ0) is 19.1. The molecule has 1 atom stereocenters. The highest BCUT2D eigenvalue weighted by molar-refractivity contribution is 5.90. The van der Waals surface area contributed by atoms with Crippen molar-refractivity contribution >= 4 is 12.1 Å². The van der Waals surface area contributed by atoms with Gasteiger partial charge in [-0.1, -0.05) is 19.3 Å². The molecule has 1 aromatic rings. The number of nitrogens with zero attached hydrogens (tertiary/aromatic N) is 2.